The lowest BCUT2D eigenvalue weighted by atomic mass is 9.93. The second-order valence-corrected chi connectivity index (χ2v) is 4.39. The minimum Gasteiger partial charge on any atom is -0.337 e. The van der Waals surface area contributed by atoms with Crippen molar-refractivity contribution in [3.63, 3.8) is 0 Å². The molecule has 0 aliphatic heterocycles. The molecule has 0 heterocycles. The summed E-state index contributed by atoms with van der Waals surface area (Å²) in [6.07, 6.45) is 3.46. The van der Waals surface area contributed by atoms with Gasteiger partial charge in [0.25, 0.3) is 0 Å². The van der Waals surface area contributed by atoms with Crippen molar-refractivity contribution in [3.05, 3.63) is 0 Å². The monoisotopic (exact) mass is 199 g/mol. The Morgan fingerprint density at radius 1 is 1.50 bits per heavy atom. The maximum Gasteiger partial charge on any atom is 0.315 e. The van der Waals surface area contributed by atoms with Crippen molar-refractivity contribution < 1.29 is 4.79 Å². The van der Waals surface area contributed by atoms with Crippen molar-refractivity contribution in [1.29, 1.82) is 0 Å². The first-order valence-corrected chi connectivity index (χ1v) is 5.39. The van der Waals surface area contributed by atoms with E-state index in [4.69, 9.17) is 5.73 Å². The van der Waals surface area contributed by atoms with E-state index in [9.17, 15) is 4.79 Å². The number of nitrogens with two attached hydrogens (primary N) is 1. The second kappa shape index (κ2) is 5.20. The summed E-state index contributed by atoms with van der Waals surface area (Å²) in [6.45, 7) is 4.66. The van der Waals surface area contributed by atoms with E-state index in [1.54, 1.807) is 0 Å². The van der Waals surface area contributed by atoms with Crippen molar-refractivity contribution >= 4 is 6.03 Å². The molecular weight excluding hydrogens is 178 g/mol. The van der Waals surface area contributed by atoms with E-state index >= 15 is 0 Å². The molecule has 1 atom stereocenters. The van der Waals surface area contributed by atoms with Gasteiger partial charge in [0, 0.05) is 18.6 Å². The first kappa shape index (κ1) is 11.3. The largest absolute Gasteiger partial charge is 0.337 e. The molecular formula is C10H21N3O. The summed E-state index contributed by atoms with van der Waals surface area (Å²) in [4.78, 5) is 11.3. The molecule has 0 aromatic carbocycles. The first-order valence-electron chi connectivity index (χ1n) is 5.39. The van der Waals surface area contributed by atoms with Crippen LogP contribution in [0.1, 0.15) is 33.1 Å². The van der Waals surface area contributed by atoms with E-state index in [2.05, 4.69) is 24.5 Å². The van der Waals surface area contributed by atoms with Gasteiger partial charge in [-0.2, -0.15) is 0 Å². The third-order valence-corrected chi connectivity index (χ3v) is 2.80. The maximum absolute atomic E-state index is 11.3. The number of carbonyl (C=O) groups is 1. The molecule has 14 heavy (non-hydrogen) atoms. The van der Waals surface area contributed by atoms with E-state index in [1.165, 1.54) is 6.42 Å². The predicted molar refractivity (Wildman–Crippen MR) is 57.0 cm³/mol. The van der Waals surface area contributed by atoms with Crippen LogP contribution in [-0.4, -0.2) is 24.7 Å². The molecule has 4 heteroatoms. The van der Waals surface area contributed by atoms with Crippen molar-refractivity contribution in [1.82, 2.24) is 10.6 Å². The summed E-state index contributed by atoms with van der Waals surface area (Å²) < 4.78 is 0. The number of nitrogens with one attached hydrogen (secondary N) is 2. The average molecular weight is 199 g/mol. The molecule has 0 bridgehead atoms. The zero-order valence-electron chi connectivity index (χ0n) is 9.05. The number of amides is 2. The van der Waals surface area contributed by atoms with Gasteiger partial charge in [-0.05, 0) is 25.2 Å². The fourth-order valence-electron chi connectivity index (χ4n) is 1.24. The Morgan fingerprint density at radius 3 is 2.57 bits per heavy atom. The Morgan fingerprint density at radius 2 is 2.14 bits per heavy atom. The van der Waals surface area contributed by atoms with E-state index in [-0.39, 0.29) is 12.1 Å². The summed E-state index contributed by atoms with van der Waals surface area (Å²) in [5.74, 6) is 0.402. The molecule has 1 aliphatic carbocycles. The van der Waals surface area contributed by atoms with Crippen LogP contribution in [0, 0.1) is 5.92 Å². The van der Waals surface area contributed by atoms with Gasteiger partial charge in [0.05, 0.1) is 0 Å². The summed E-state index contributed by atoms with van der Waals surface area (Å²) in [5, 5.41) is 5.69. The van der Waals surface area contributed by atoms with Gasteiger partial charge in [-0.15, -0.1) is 0 Å². The minimum atomic E-state index is -0.0780. The molecule has 0 aromatic heterocycles. The highest BCUT2D eigenvalue weighted by molar-refractivity contribution is 5.74. The van der Waals surface area contributed by atoms with Gasteiger partial charge >= 0.3 is 6.03 Å². The molecule has 1 unspecified atom stereocenters. The predicted octanol–water partition coefficient (Wildman–Crippen LogP) is 0.821. The van der Waals surface area contributed by atoms with Crippen LogP contribution in [0.15, 0.2) is 0 Å². The van der Waals surface area contributed by atoms with E-state index < -0.39 is 0 Å². The van der Waals surface area contributed by atoms with Crippen LogP contribution in [0.3, 0.4) is 0 Å². The second-order valence-electron chi connectivity index (χ2n) is 4.39. The van der Waals surface area contributed by atoms with Crippen LogP contribution >= 0.6 is 0 Å². The Hall–Kier alpha value is -0.770. The van der Waals surface area contributed by atoms with Crippen molar-refractivity contribution in [2.75, 3.05) is 6.54 Å². The highest BCUT2D eigenvalue weighted by atomic mass is 16.2. The normalized spacial score (nSPS) is 18.9. The highest BCUT2D eigenvalue weighted by Crippen LogP contribution is 2.17. The lowest BCUT2D eigenvalue weighted by molar-refractivity contribution is 0.227. The van der Waals surface area contributed by atoms with E-state index in [1.807, 2.05) is 0 Å². The molecule has 0 aromatic rings. The number of carbonyl (C=O) groups excluding carboxylic acids is 1. The highest BCUT2D eigenvalue weighted by Gasteiger charge is 2.19. The average Bonchev–Trinajstić information content (AvgIpc) is 2.07. The molecule has 2 amide bonds. The standard InChI is InChI=1S/C10H21N3O/c1-7(2)9(11)6-12-10(14)13-8-4-3-5-8/h7-9H,3-6,11H2,1-2H3,(H2,12,13,14). The molecule has 1 saturated carbocycles. The third kappa shape index (κ3) is 3.54. The van der Waals surface area contributed by atoms with Crippen LogP contribution in [0.4, 0.5) is 4.79 Å². The van der Waals surface area contributed by atoms with Crippen LogP contribution in [0.2, 0.25) is 0 Å². The molecule has 0 saturated heterocycles. The number of hydrogen-bond acceptors (Lipinski definition) is 2. The Bertz CT molecular complexity index is 190. The van der Waals surface area contributed by atoms with E-state index in [0.717, 1.165) is 12.8 Å². The zero-order chi connectivity index (χ0) is 10.6. The molecule has 1 fully saturated rings. The topological polar surface area (TPSA) is 67.1 Å². The van der Waals surface area contributed by atoms with E-state index in [0.29, 0.717) is 18.5 Å². The first-order chi connectivity index (χ1) is 6.59. The molecule has 1 aliphatic rings. The van der Waals surface area contributed by atoms with Crippen LogP contribution in [0.25, 0.3) is 0 Å². The Labute approximate surface area is 85.6 Å². The number of hydrogen-bond donors (Lipinski definition) is 3. The van der Waals surface area contributed by atoms with Gasteiger partial charge in [-0.25, -0.2) is 4.79 Å². The van der Waals surface area contributed by atoms with Gasteiger partial charge in [0.15, 0.2) is 0 Å². The lowest BCUT2D eigenvalue weighted by Gasteiger charge is -2.27. The number of urea groups is 1. The van der Waals surface area contributed by atoms with Crippen molar-refractivity contribution in [2.24, 2.45) is 11.7 Å². The quantitative estimate of drug-likeness (QED) is 0.627. The van der Waals surface area contributed by atoms with Gasteiger partial charge in [-0.3, -0.25) is 0 Å². The third-order valence-electron chi connectivity index (χ3n) is 2.80. The maximum atomic E-state index is 11.3. The molecule has 0 radical (unpaired) electrons. The fourth-order valence-corrected chi connectivity index (χ4v) is 1.24. The van der Waals surface area contributed by atoms with Crippen molar-refractivity contribution in [3.8, 4) is 0 Å². The van der Waals surface area contributed by atoms with Crippen LogP contribution < -0.4 is 16.4 Å². The summed E-state index contributed by atoms with van der Waals surface area (Å²) >= 11 is 0. The molecule has 4 N–H and O–H groups in total. The van der Waals surface area contributed by atoms with Gasteiger partial charge < -0.3 is 16.4 Å². The van der Waals surface area contributed by atoms with Crippen LogP contribution in [-0.2, 0) is 0 Å². The summed E-state index contributed by atoms with van der Waals surface area (Å²) in [6, 6.07) is 0.359. The Kier molecular flexibility index (Phi) is 4.20. The molecule has 82 valence electrons. The Balaban J connectivity index is 2.07. The fraction of sp³-hybridized carbons (Fsp3) is 0.900. The summed E-state index contributed by atoms with van der Waals surface area (Å²) in [7, 11) is 0. The summed E-state index contributed by atoms with van der Waals surface area (Å²) in [5.41, 5.74) is 5.80. The zero-order valence-corrected chi connectivity index (χ0v) is 9.05. The molecule has 4 nitrogen and oxygen atoms in total. The van der Waals surface area contributed by atoms with Crippen molar-refractivity contribution in [2.45, 2.75) is 45.2 Å². The number of rotatable bonds is 4. The lowest BCUT2D eigenvalue weighted by Crippen LogP contribution is -2.49. The van der Waals surface area contributed by atoms with Gasteiger partial charge in [0.1, 0.15) is 0 Å². The minimum absolute atomic E-state index is 0.0436. The smallest absolute Gasteiger partial charge is 0.315 e. The molecule has 1 rings (SSSR count). The van der Waals surface area contributed by atoms with Gasteiger partial charge in [-0.1, -0.05) is 13.8 Å². The SMILES string of the molecule is CC(C)C(N)CNC(=O)NC1CCC1. The van der Waals surface area contributed by atoms with Crippen LogP contribution in [0.5, 0.6) is 0 Å². The molecule has 0 spiro atoms. The van der Waals surface area contributed by atoms with Gasteiger partial charge in [0.2, 0.25) is 0 Å².